The molecule has 0 unspecified atom stereocenters. The Balaban J connectivity index is 1.60. The van der Waals surface area contributed by atoms with Gasteiger partial charge < -0.3 is 19.9 Å². The monoisotopic (exact) mass is 452 g/mol. The molecule has 0 bridgehead atoms. The van der Waals surface area contributed by atoms with E-state index >= 15 is 0 Å². The summed E-state index contributed by atoms with van der Waals surface area (Å²) in [6, 6.07) is 2.38. The third-order valence-electron chi connectivity index (χ3n) is 5.77. The number of nitrogens with zero attached hydrogens (tertiary/aromatic N) is 3. The molecule has 2 N–H and O–H groups in total. The number of fused-ring (bicyclic) bond motifs is 1. The minimum atomic E-state index is -2.11. The number of Topliss-reactive ketones (excluding diaryl/α,β-unsaturated/α-hetero) is 1. The first-order valence-corrected chi connectivity index (χ1v) is 12.8. The molecule has 0 atom stereocenters. The Bertz CT molecular complexity index is 1040. The Kier molecular flexibility index (Phi) is 5.73. The number of nitrogens with one attached hydrogen (secondary N) is 1. The zero-order valence-corrected chi connectivity index (χ0v) is 18.2. The van der Waals surface area contributed by atoms with Gasteiger partial charge >= 0.3 is 0 Å². The summed E-state index contributed by atoms with van der Waals surface area (Å²) in [7, 11) is -2.11. The molecule has 2 aromatic rings. The van der Waals surface area contributed by atoms with Crippen LogP contribution in [0.2, 0.25) is 5.02 Å². The molecule has 4 rings (SSSR count). The number of hydrogen-bond donors (Lipinski definition) is 2. The molecular weight excluding hydrogens is 430 g/mol. The average molecular weight is 453 g/mol. The van der Waals surface area contributed by atoms with Crippen LogP contribution in [-0.2, 0) is 11.1 Å². The van der Waals surface area contributed by atoms with Gasteiger partial charge in [0.1, 0.15) is 17.3 Å². The van der Waals surface area contributed by atoms with Crippen molar-refractivity contribution >= 4 is 36.2 Å². The smallest absolute Gasteiger partial charge is 0.185 e. The van der Waals surface area contributed by atoms with Gasteiger partial charge in [-0.3, -0.25) is 4.79 Å². The second-order valence-corrected chi connectivity index (χ2v) is 11.9. The fourth-order valence-corrected chi connectivity index (χ4v) is 6.07. The number of carbonyl (C=O) groups is 1. The molecule has 0 saturated carbocycles. The van der Waals surface area contributed by atoms with Crippen LogP contribution in [0.1, 0.15) is 28.9 Å². The molecule has 0 radical (unpaired) electrons. The quantitative estimate of drug-likeness (QED) is 0.535. The van der Waals surface area contributed by atoms with Crippen LogP contribution < -0.4 is 10.2 Å². The van der Waals surface area contributed by atoms with Crippen molar-refractivity contribution in [3.8, 4) is 5.75 Å². The summed E-state index contributed by atoms with van der Waals surface area (Å²) in [6.07, 6.45) is 3.80. The SMILES string of the molecule is CP1(=O)CCC(C(=O)c2cnc3c(n2)N(Cc2c(F)ccc(O)c2Cl)CCN3)CC1. The maximum Gasteiger partial charge on any atom is 0.185 e. The first-order valence-electron chi connectivity index (χ1n) is 9.86. The molecule has 1 fully saturated rings. The van der Waals surface area contributed by atoms with E-state index in [-0.39, 0.29) is 40.3 Å². The Morgan fingerprint density at radius 1 is 1.40 bits per heavy atom. The zero-order chi connectivity index (χ0) is 21.5. The topological polar surface area (TPSA) is 95.4 Å². The predicted octanol–water partition coefficient (Wildman–Crippen LogP) is 3.99. The third kappa shape index (κ3) is 4.16. The van der Waals surface area contributed by atoms with Crippen LogP contribution in [0, 0.1) is 11.7 Å². The molecule has 10 heteroatoms. The second-order valence-electron chi connectivity index (χ2n) is 8.02. The van der Waals surface area contributed by atoms with Crippen LogP contribution >= 0.6 is 18.7 Å². The molecule has 0 aliphatic carbocycles. The Morgan fingerprint density at radius 3 is 2.87 bits per heavy atom. The number of aromatic hydroxyl groups is 1. The van der Waals surface area contributed by atoms with Gasteiger partial charge in [0.05, 0.1) is 18.4 Å². The molecule has 2 aliphatic rings. The lowest BCUT2D eigenvalue weighted by Crippen LogP contribution is -2.36. The van der Waals surface area contributed by atoms with Gasteiger partial charge in [-0.25, -0.2) is 14.4 Å². The fourth-order valence-electron chi connectivity index (χ4n) is 3.92. The fraction of sp³-hybridized carbons (Fsp3) is 0.450. The number of rotatable bonds is 4. The van der Waals surface area contributed by atoms with E-state index < -0.39 is 13.0 Å². The lowest BCUT2D eigenvalue weighted by atomic mass is 9.95. The van der Waals surface area contributed by atoms with Crippen molar-refractivity contribution < 1.29 is 18.9 Å². The van der Waals surface area contributed by atoms with Crippen LogP contribution in [-0.4, -0.2) is 52.9 Å². The highest BCUT2D eigenvalue weighted by atomic mass is 35.5. The Morgan fingerprint density at radius 2 is 2.13 bits per heavy atom. The number of ketones is 1. The van der Waals surface area contributed by atoms with Crippen molar-refractivity contribution in [1.29, 1.82) is 0 Å². The van der Waals surface area contributed by atoms with Gasteiger partial charge in [0.2, 0.25) is 0 Å². The van der Waals surface area contributed by atoms with Gasteiger partial charge in [-0.05, 0) is 31.6 Å². The molecule has 1 aromatic carbocycles. The van der Waals surface area contributed by atoms with Gasteiger partial charge in [0.25, 0.3) is 0 Å². The van der Waals surface area contributed by atoms with Crippen molar-refractivity contribution in [3.63, 3.8) is 0 Å². The number of phenolic OH excluding ortho intramolecular Hbond substituents is 1. The zero-order valence-electron chi connectivity index (χ0n) is 16.6. The molecule has 7 nitrogen and oxygen atoms in total. The summed E-state index contributed by atoms with van der Waals surface area (Å²) in [4.78, 5) is 23.7. The molecule has 0 amide bonds. The van der Waals surface area contributed by atoms with Crippen LogP contribution in [0.5, 0.6) is 5.75 Å². The summed E-state index contributed by atoms with van der Waals surface area (Å²) in [6.45, 7) is 2.96. The van der Waals surface area contributed by atoms with Crippen LogP contribution in [0.4, 0.5) is 16.0 Å². The van der Waals surface area contributed by atoms with Gasteiger partial charge in [0.15, 0.2) is 17.4 Å². The summed E-state index contributed by atoms with van der Waals surface area (Å²) < 4.78 is 26.5. The van der Waals surface area contributed by atoms with E-state index in [0.717, 1.165) is 0 Å². The lowest BCUT2D eigenvalue weighted by molar-refractivity contribution is 0.0906. The van der Waals surface area contributed by atoms with E-state index in [1.807, 2.05) is 0 Å². The first kappa shape index (κ1) is 21.1. The average Bonchev–Trinajstić information content (AvgIpc) is 2.73. The summed E-state index contributed by atoms with van der Waals surface area (Å²) in [5, 5.41) is 12.9. The molecule has 160 valence electrons. The van der Waals surface area contributed by atoms with Gasteiger partial charge in [0, 0.05) is 43.4 Å². The largest absolute Gasteiger partial charge is 0.506 e. The molecule has 1 aromatic heterocycles. The normalized spacial score (nSPS) is 23.6. The van der Waals surface area contributed by atoms with E-state index in [1.165, 1.54) is 18.3 Å². The number of aromatic nitrogens is 2. The number of benzene rings is 1. The number of carbonyl (C=O) groups excluding carboxylic acids is 1. The minimum absolute atomic E-state index is 0.0403. The van der Waals surface area contributed by atoms with Gasteiger partial charge in [-0.15, -0.1) is 0 Å². The highest BCUT2D eigenvalue weighted by Crippen LogP contribution is 2.48. The van der Waals surface area contributed by atoms with E-state index in [9.17, 15) is 18.9 Å². The van der Waals surface area contributed by atoms with E-state index in [0.29, 0.717) is 49.9 Å². The van der Waals surface area contributed by atoms with E-state index in [1.54, 1.807) is 11.6 Å². The van der Waals surface area contributed by atoms with E-state index in [4.69, 9.17) is 11.6 Å². The highest BCUT2D eigenvalue weighted by Gasteiger charge is 2.32. The van der Waals surface area contributed by atoms with Crippen molar-refractivity contribution in [2.75, 3.05) is 42.3 Å². The van der Waals surface area contributed by atoms with Gasteiger partial charge in [-0.1, -0.05) is 11.6 Å². The maximum absolute atomic E-state index is 14.3. The number of halogens is 2. The van der Waals surface area contributed by atoms with Crippen LogP contribution in [0.3, 0.4) is 0 Å². The Hall–Kier alpha value is -2.18. The maximum atomic E-state index is 14.3. The number of anilines is 2. The third-order valence-corrected chi connectivity index (χ3v) is 8.60. The van der Waals surface area contributed by atoms with Crippen molar-refractivity contribution in [2.45, 2.75) is 19.4 Å². The van der Waals surface area contributed by atoms with Crippen LogP contribution in [0.25, 0.3) is 0 Å². The molecule has 1 saturated heterocycles. The molecule has 3 heterocycles. The summed E-state index contributed by atoms with van der Waals surface area (Å²) in [5.74, 6) is -0.0632. The second kappa shape index (κ2) is 8.16. The molecule has 30 heavy (non-hydrogen) atoms. The predicted molar refractivity (Wildman–Crippen MR) is 115 cm³/mol. The van der Waals surface area contributed by atoms with Crippen molar-refractivity contribution in [2.24, 2.45) is 5.92 Å². The standard InChI is InChI=1S/C20H23ClFN4O3P/c1-30(29)8-4-12(5-9-30)18(28)15-10-24-19-20(25-15)26(7-6-23-19)11-13-14(22)2-3-16(27)17(13)21/h2-3,10,12,27H,4-9,11H2,1H3,(H,23,24). The van der Waals surface area contributed by atoms with Crippen LogP contribution in [0.15, 0.2) is 18.3 Å². The summed E-state index contributed by atoms with van der Waals surface area (Å²) in [5.41, 5.74) is 0.414. The van der Waals surface area contributed by atoms with Gasteiger partial charge in [-0.2, -0.15) is 0 Å². The summed E-state index contributed by atoms with van der Waals surface area (Å²) >= 11 is 6.11. The first-order chi connectivity index (χ1) is 14.2. The lowest BCUT2D eigenvalue weighted by Gasteiger charge is -2.31. The minimum Gasteiger partial charge on any atom is -0.506 e. The highest BCUT2D eigenvalue weighted by molar-refractivity contribution is 7.63. The van der Waals surface area contributed by atoms with E-state index in [2.05, 4.69) is 15.3 Å². The van der Waals surface area contributed by atoms with Crippen molar-refractivity contribution in [1.82, 2.24) is 9.97 Å². The molecule has 2 aliphatic heterocycles. The van der Waals surface area contributed by atoms with Crippen molar-refractivity contribution in [3.05, 3.63) is 40.4 Å². The number of phenols is 1. The molecule has 0 spiro atoms. The Labute approximate surface area is 179 Å². The molecular formula is C20H23ClFN4O3P. The number of hydrogen-bond acceptors (Lipinski definition) is 7.